The van der Waals surface area contributed by atoms with Crippen LogP contribution in [0.4, 0.5) is 4.79 Å². The molecule has 7 unspecified atom stereocenters. The van der Waals surface area contributed by atoms with Crippen LogP contribution < -0.4 is 5.32 Å². The fourth-order valence-electron chi connectivity index (χ4n) is 16.7. The maximum Gasteiger partial charge on any atom is 0.414 e. The number of hydrogen-bond donors (Lipinski definition) is 2. The molecule has 8 fully saturated rings. The lowest BCUT2D eigenvalue weighted by Crippen LogP contribution is -2.64. The van der Waals surface area contributed by atoms with Crippen LogP contribution in [0.15, 0.2) is 0 Å². The second kappa shape index (κ2) is 17.4. The zero-order valence-electron chi connectivity index (χ0n) is 41.4. The van der Waals surface area contributed by atoms with E-state index in [-0.39, 0.29) is 93.3 Å². The number of Topliss-reactive ketones (excluding diaryl/α,β-unsaturated/α-hetero) is 2. The van der Waals surface area contributed by atoms with E-state index in [1.165, 1.54) is 0 Å². The quantitative estimate of drug-likeness (QED) is 0.253. The molecule has 6 bridgehead atoms. The summed E-state index contributed by atoms with van der Waals surface area (Å²) in [5.74, 6) is 6.18. The molecule has 6 saturated carbocycles. The van der Waals surface area contributed by atoms with Crippen molar-refractivity contribution in [3.8, 4) is 24.7 Å². The van der Waals surface area contributed by atoms with E-state index in [0.29, 0.717) is 31.2 Å². The topological polar surface area (TPSA) is 131 Å². The molecule has 0 spiro atoms. The van der Waals surface area contributed by atoms with Gasteiger partial charge >= 0.3 is 6.09 Å². The van der Waals surface area contributed by atoms with Crippen LogP contribution in [-0.2, 0) is 28.6 Å². The molecular formula is C54H82N2O8. The van der Waals surface area contributed by atoms with Crippen LogP contribution >= 0.6 is 0 Å². The fraction of sp³-hybridized carbons (Fsp3) is 0.852. The van der Waals surface area contributed by atoms with Gasteiger partial charge in [-0.3, -0.25) is 19.7 Å². The van der Waals surface area contributed by atoms with Crippen molar-refractivity contribution in [2.45, 2.75) is 164 Å². The Bertz CT molecular complexity index is 1920. The minimum Gasteiger partial charge on any atom is -0.445 e. The number of nitrogens with one attached hydrogen (secondary N) is 1. The molecule has 0 aromatic heterocycles. The third-order valence-electron chi connectivity index (χ3n) is 21.8. The van der Waals surface area contributed by atoms with E-state index >= 15 is 0 Å². The smallest absolute Gasteiger partial charge is 0.414 e. The Morgan fingerprint density at radius 2 is 1.20 bits per heavy atom. The van der Waals surface area contributed by atoms with Gasteiger partial charge in [0.25, 0.3) is 0 Å². The summed E-state index contributed by atoms with van der Waals surface area (Å²) in [6, 6.07) is 0. The van der Waals surface area contributed by atoms with Gasteiger partial charge in [-0.2, -0.15) is 0 Å². The van der Waals surface area contributed by atoms with Crippen molar-refractivity contribution < 1.29 is 38.5 Å². The molecule has 10 nitrogen and oxygen atoms in total. The van der Waals surface area contributed by atoms with Gasteiger partial charge in [0, 0.05) is 78.6 Å². The maximum atomic E-state index is 14.3. The van der Waals surface area contributed by atoms with Crippen LogP contribution in [0.5, 0.6) is 0 Å². The SMILES string of the molecule is C#CC(C)[C@]1(C)C[C@@H](O)[C@@]2(C)C3[C@H](OC)CCC3(CC[C@H]2C)[C@@H](C)C1=O.C#CC(C)[C@]1(C)C[C@@H](OC(=O)NC(=O)[C@H]2CN3CC[C@@H]2C3)[C@@]2(C)C3[C@H](OC)CCC3(CC[C@H]2C)[C@@H](C)C1=O. The van der Waals surface area contributed by atoms with Gasteiger partial charge < -0.3 is 24.2 Å². The lowest BCUT2D eigenvalue weighted by molar-refractivity contribution is -0.194. The van der Waals surface area contributed by atoms with E-state index in [9.17, 15) is 24.3 Å². The summed E-state index contributed by atoms with van der Waals surface area (Å²) in [5.41, 5.74) is -2.49. The lowest BCUT2D eigenvalue weighted by atomic mass is 9.43. The summed E-state index contributed by atoms with van der Waals surface area (Å²) in [7, 11) is 3.55. The molecule has 21 atom stereocenters. The molecule has 0 aromatic rings. The van der Waals surface area contributed by atoms with Gasteiger partial charge in [-0.05, 0) is 112 Å². The van der Waals surface area contributed by atoms with Crippen LogP contribution in [0.2, 0.25) is 0 Å². The average molecular weight is 887 g/mol. The first-order valence-electron chi connectivity index (χ1n) is 25.0. The number of aliphatic hydroxyl groups is 1. The van der Waals surface area contributed by atoms with Crippen molar-refractivity contribution in [3.05, 3.63) is 0 Å². The number of methoxy groups -OCH3 is 2. The summed E-state index contributed by atoms with van der Waals surface area (Å²) in [5, 5.41) is 14.1. The first kappa shape index (κ1) is 49.2. The summed E-state index contributed by atoms with van der Waals surface area (Å²) in [6.07, 6.45) is 19.6. The second-order valence-corrected chi connectivity index (χ2v) is 23.7. The first-order chi connectivity index (χ1) is 30.0. The molecule has 0 aromatic carbocycles. The van der Waals surface area contributed by atoms with Gasteiger partial charge in [0.05, 0.1) is 24.2 Å². The Morgan fingerprint density at radius 3 is 1.66 bits per heavy atom. The number of hydrogen-bond acceptors (Lipinski definition) is 9. The normalized spacial score (nSPS) is 50.1. The van der Waals surface area contributed by atoms with Crippen molar-refractivity contribution in [3.63, 3.8) is 0 Å². The molecule has 2 heterocycles. The summed E-state index contributed by atoms with van der Waals surface area (Å²) < 4.78 is 18.3. The standard InChI is InChI=1S/C31H46N2O5.C23H36O3/c1-8-18(2)29(5)15-24(38-28(36)32-27(35)22-17-33-14-11-21(22)16-33)30(6)19(3)9-12-31(20(4)26(29)34)13-10-23(37-7)25(30)31;1-8-14(2)21(5)13-18(24)22(6)15(3)9-11-23(16(4)20(21)25)12-10-17(26-7)19(22)23/h1,18-25H,9-17H2,2-7H3,(H,32,35,36);1,14-19,24H,9-13H2,2-7H3/t18?,19-,20+,21-,22+,23-,24-,25?,29+,30+,31?;14?,15-,16+,17-,18-,19?,21+,22+,23?/m11/s1. The number of carbonyl (C=O) groups is 4. The number of amides is 2. The van der Waals surface area contributed by atoms with Crippen LogP contribution in [0.3, 0.4) is 0 Å². The number of rotatable bonds is 6. The Kier molecular flexibility index (Phi) is 13.4. The van der Waals surface area contributed by atoms with E-state index in [2.05, 4.69) is 63.6 Å². The average Bonchev–Trinajstić information content (AvgIpc) is 4.10. The van der Waals surface area contributed by atoms with Crippen molar-refractivity contribution >= 4 is 23.6 Å². The van der Waals surface area contributed by atoms with Crippen LogP contribution in [0, 0.1) is 116 Å². The van der Waals surface area contributed by atoms with Gasteiger partial charge in [0.15, 0.2) is 0 Å². The molecule has 2 amide bonds. The highest BCUT2D eigenvalue weighted by Crippen LogP contribution is 2.70. The highest BCUT2D eigenvalue weighted by molar-refractivity contribution is 5.94. The molecule has 0 radical (unpaired) electrons. The number of fused-ring (bicyclic) bond motifs is 2. The highest BCUT2D eigenvalue weighted by Gasteiger charge is 2.70. The van der Waals surface area contributed by atoms with Gasteiger partial charge in [0.1, 0.15) is 17.7 Å². The Balaban J connectivity index is 0.000000206. The van der Waals surface area contributed by atoms with Crippen LogP contribution in [0.25, 0.3) is 0 Å². The zero-order valence-corrected chi connectivity index (χ0v) is 41.4. The number of piperidine rings is 1. The molecule has 2 saturated heterocycles. The second-order valence-electron chi connectivity index (χ2n) is 23.7. The predicted molar refractivity (Wildman–Crippen MR) is 247 cm³/mol. The van der Waals surface area contributed by atoms with Crippen molar-refractivity contribution in [1.82, 2.24) is 10.2 Å². The number of carbonyl (C=O) groups excluding carboxylic acids is 4. The number of ether oxygens (including phenoxy) is 3. The molecule has 6 aliphatic carbocycles. The lowest BCUT2D eigenvalue weighted by Gasteiger charge is -2.62. The minimum absolute atomic E-state index is 0.00806. The van der Waals surface area contributed by atoms with Crippen LogP contribution in [0.1, 0.15) is 140 Å². The fourth-order valence-corrected chi connectivity index (χ4v) is 16.7. The Morgan fingerprint density at radius 1 is 0.734 bits per heavy atom. The van der Waals surface area contributed by atoms with Crippen LogP contribution in [-0.4, -0.2) is 91.8 Å². The van der Waals surface area contributed by atoms with Gasteiger partial charge in [-0.25, -0.2) is 4.79 Å². The third-order valence-corrected chi connectivity index (χ3v) is 21.8. The highest BCUT2D eigenvalue weighted by atomic mass is 16.6. The zero-order chi connectivity index (χ0) is 47.1. The number of terminal acetylenes is 2. The van der Waals surface area contributed by atoms with Crippen molar-refractivity contribution in [1.29, 1.82) is 0 Å². The molecule has 2 aliphatic heterocycles. The van der Waals surface area contributed by atoms with Gasteiger partial charge in [-0.15, -0.1) is 24.7 Å². The third kappa shape index (κ3) is 7.10. The number of imide groups is 1. The van der Waals surface area contributed by atoms with E-state index in [0.717, 1.165) is 70.9 Å². The monoisotopic (exact) mass is 887 g/mol. The van der Waals surface area contributed by atoms with Gasteiger partial charge in [-0.1, -0.05) is 69.2 Å². The number of aliphatic hydroxyl groups excluding tert-OH is 1. The van der Waals surface area contributed by atoms with E-state index < -0.39 is 34.5 Å². The van der Waals surface area contributed by atoms with E-state index in [1.54, 1.807) is 14.2 Å². The predicted octanol–water partition coefficient (Wildman–Crippen LogP) is 8.37. The summed E-state index contributed by atoms with van der Waals surface area (Å²) in [4.78, 5) is 56.9. The van der Waals surface area contributed by atoms with Crippen molar-refractivity contribution in [2.24, 2.45) is 91.7 Å². The number of alkyl carbamates (subject to hydrolysis) is 1. The molecule has 356 valence electrons. The first-order valence-corrected chi connectivity index (χ1v) is 25.0. The Labute approximate surface area is 385 Å². The molecule has 8 aliphatic rings. The minimum atomic E-state index is -0.845. The van der Waals surface area contributed by atoms with Crippen molar-refractivity contribution in [2.75, 3.05) is 33.9 Å². The maximum absolute atomic E-state index is 14.3. The van der Waals surface area contributed by atoms with E-state index in [1.807, 2.05) is 27.7 Å². The summed E-state index contributed by atoms with van der Waals surface area (Å²) in [6.45, 7) is 23.7. The van der Waals surface area contributed by atoms with Gasteiger partial charge in [0.2, 0.25) is 5.91 Å². The summed E-state index contributed by atoms with van der Waals surface area (Å²) >= 11 is 0. The Hall–Kier alpha value is -2.76. The van der Waals surface area contributed by atoms with E-state index in [4.69, 9.17) is 27.1 Å². The number of nitrogens with zero attached hydrogens (tertiary/aromatic N) is 1. The molecular weight excluding hydrogens is 805 g/mol. The molecule has 10 heteroatoms. The molecule has 64 heavy (non-hydrogen) atoms. The molecule has 2 N–H and O–H groups in total. The largest absolute Gasteiger partial charge is 0.445 e. The number of ketones is 2. The molecule has 8 rings (SSSR count).